The van der Waals surface area contributed by atoms with Gasteiger partial charge in [0.05, 0.1) is 6.04 Å². The Balaban J connectivity index is 2.29. The van der Waals surface area contributed by atoms with Crippen LogP contribution in [0.25, 0.3) is 10.6 Å². The summed E-state index contributed by atoms with van der Waals surface area (Å²) in [5.74, 6) is 0. The molecule has 0 radical (unpaired) electrons. The minimum atomic E-state index is 0.295. The summed E-state index contributed by atoms with van der Waals surface area (Å²) in [6, 6.07) is 6.16. The number of halogens is 1. The van der Waals surface area contributed by atoms with Gasteiger partial charge in [-0.25, -0.2) is 0 Å². The van der Waals surface area contributed by atoms with Crippen LogP contribution < -0.4 is 5.32 Å². The van der Waals surface area contributed by atoms with E-state index in [2.05, 4.69) is 29.4 Å². The summed E-state index contributed by atoms with van der Waals surface area (Å²) in [7, 11) is 0. The normalized spacial score (nSPS) is 12.6. The van der Waals surface area contributed by atoms with Gasteiger partial charge in [-0.1, -0.05) is 42.9 Å². The summed E-state index contributed by atoms with van der Waals surface area (Å²) in [6.07, 6.45) is 1.02. The zero-order valence-electron chi connectivity index (χ0n) is 11.4. The van der Waals surface area contributed by atoms with Gasteiger partial charge in [0.15, 0.2) is 0 Å². The van der Waals surface area contributed by atoms with Gasteiger partial charge in [0.2, 0.25) is 0 Å². The molecular formula is C14H18ClN3S. The van der Waals surface area contributed by atoms with E-state index in [4.69, 9.17) is 11.6 Å². The minimum absolute atomic E-state index is 0.295. The van der Waals surface area contributed by atoms with Crippen molar-refractivity contribution >= 4 is 22.9 Å². The third-order valence-electron chi connectivity index (χ3n) is 3.02. The van der Waals surface area contributed by atoms with Crippen LogP contribution in [0.4, 0.5) is 0 Å². The highest BCUT2D eigenvalue weighted by Crippen LogP contribution is 2.31. The number of benzene rings is 1. The molecular weight excluding hydrogens is 278 g/mol. The van der Waals surface area contributed by atoms with E-state index in [0.29, 0.717) is 6.04 Å². The summed E-state index contributed by atoms with van der Waals surface area (Å²) in [5, 5.41) is 14.8. The number of hydrogen-bond acceptors (Lipinski definition) is 4. The van der Waals surface area contributed by atoms with Crippen molar-refractivity contribution in [2.45, 2.75) is 33.2 Å². The van der Waals surface area contributed by atoms with Gasteiger partial charge in [-0.05, 0) is 37.6 Å². The Hall–Kier alpha value is -0.970. The van der Waals surface area contributed by atoms with Crippen LogP contribution in [-0.4, -0.2) is 16.7 Å². The summed E-state index contributed by atoms with van der Waals surface area (Å²) in [5.41, 5.74) is 2.24. The highest BCUT2D eigenvalue weighted by atomic mass is 35.5. The minimum Gasteiger partial charge on any atom is -0.308 e. The highest BCUT2D eigenvalue weighted by molar-refractivity contribution is 7.14. The zero-order chi connectivity index (χ0) is 13.8. The third kappa shape index (κ3) is 3.32. The maximum Gasteiger partial charge on any atom is 0.148 e. The van der Waals surface area contributed by atoms with Crippen LogP contribution in [0.5, 0.6) is 0 Å². The quantitative estimate of drug-likeness (QED) is 0.897. The molecule has 2 aromatic rings. The van der Waals surface area contributed by atoms with Gasteiger partial charge in [0.1, 0.15) is 10.0 Å². The smallest absolute Gasteiger partial charge is 0.148 e. The molecule has 1 aromatic carbocycles. The number of nitrogens with one attached hydrogen (secondary N) is 1. The van der Waals surface area contributed by atoms with Crippen LogP contribution in [0, 0.1) is 6.92 Å². The monoisotopic (exact) mass is 295 g/mol. The Morgan fingerprint density at radius 1 is 1.32 bits per heavy atom. The van der Waals surface area contributed by atoms with Crippen LogP contribution >= 0.6 is 22.9 Å². The van der Waals surface area contributed by atoms with Gasteiger partial charge in [-0.3, -0.25) is 0 Å². The third-order valence-corrected chi connectivity index (χ3v) is 4.32. The lowest BCUT2D eigenvalue weighted by molar-refractivity contribution is 0.531. The summed E-state index contributed by atoms with van der Waals surface area (Å²) >= 11 is 7.63. The molecule has 0 spiro atoms. The Morgan fingerprint density at radius 2 is 2.11 bits per heavy atom. The molecule has 0 aliphatic rings. The van der Waals surface area contributed by atoms with Crippen LogP contribution in [0.1, 0.15) is 36.9 Å². The van der Waals surface area contributed by atoms with E-state index in [1.54, 1.807) is 11.3 Å². The summed E-state index contributed by atoms with van der Waals surface area (Å²) < 4.78 is 0. The zero-order valence-corrected chi connectivity index (χ0v) is 13.0. The number of rotatable bonds is 5. The molecule has 1 heterocycles. The lowest BCUT2D eigenvalue weighted by Gasteiger charge is -2.11. The fourth-order valence-electron chi connectivity index (χ4n) is 2.00. The first-order chi connectivity index (χ1) is 9.15. The molecule has 0 amide bonds. The van der Waals surface area contributed by atoms with Crippen LogP contribution in [0.3, 0.4) is 0 Å². The van der Waals surface area contributed by atoms with E-state index in [0.717, 1.165) is 39.1 Å². The van der Waals surface area contributed by atoms with E-state index < -0.39 is 0 Å². The number of aryl methyl sites for hydroxylation is 1. The average molecular weight is 296 g/mol. The molecule has 5 heteroatoms. The first kappa shape index (κ1) is 14.4. The first-order valence-electron chi connectivity index (χ1n) is 6.49. The molecule has 1 atom stereocenters. The maximum absolute atomic E-state index is 5.98. The molecule has 1 unspecified atom stereocenters. The van der Waals surface area contributed by atoms with Crippen molar-refractivity contribution in [3.8, 4) is 10.6 Å². The van der Waals surface area contributed by atoms with Crippen LogP contribution in [-0.2, 0) is 0 Å². The molecule has 102 valence electrons. The highest BCUT2D eigenvalue weighted by Gasteiger charge is 2.15. The second-order valence-corrected chi connectivity index (χ2v) is 5.87. The fourth-order valence-corrected chi connectivity index (χ4v) is 3.32. The van der Waals surface area contributed by atoms with Crippen molar-refractivity contribution in [1.82, 2.24) is 15.5 Å². The Morgan fingerprint density at radius 3 is 2.74 bits per heavy atom. The van der Waals surface area contributed by atoms with Gasteiger partial charge in [-0.15, -0.1) is 10.2 Å². The molecule has 0 fully saturated rings. The van der Waals surface area contributed by atoms with Crippen molar-refractivity contribution < 1.29 is 0 Å². The molecule has 0 bridgehead atoms. The van der Waals surface area contributed by atoms with Gasteiger partial charge >= 0.3 is 0 Å². The molecule has 0 aliphatic carbocycles. The van der Waals surface area contributed by atoms with Gasteiger partial charge < -0.3 is 5.32 Å². The predicted octanol–water partition coefficient (Wildman–Crippen LogP) is 4.23. The average Bonchev–Trinajstić information content (AvgIpc) is 2.85. The van der Waals surface area contributed by atoms with Gasteiger partial charge in [-0.2, -0.15) is 0 Å². The SMILES string of the molecule is CCNC(CC)c1nnc(-c2ccc(Cl)cc2C)s1. The second-order valence-electron chi connectivity index (χ2n) is 4.42. The van der Waals surface area contributed by atoms with Crippen molar-refractivity contribution in [3.05, 3.63) is 33.8 Å². The Labute approximate surface area is 123 Å². The predicted molar refractivity (Wildman–Crippen MR) is 81.8 cm³/mol. The van der Waals surface area contributed by atoms with E-state index in [1.165, 1.54) is 0 Å². The standard InChI is InChI=1S/C14H18ClN3S/c1-4-12(16-5-2)14-18-17-13(19-14)11-7-6-10(15)8-9(11)3/h6-8,12,16H,4-5H2,1-3H3. The van der Waals surface area contributed by atoms with E-state index in [1.807, 2.05) is 25.1 Å². The van der Waals surface area contributed by atoms with E-state index in [9.17, 15) is 0 Å². The molecule has 1 N–H and O–H groups in total. The van der Waals surface area contributed by atoms with Gasteiger partial charge in [0.25, 0.3) is 0 Å². The summed E-state index contributed by atoms with van der Waals surface area (Å²) in [4.78, 5) is 0. The number of nitrogens with zero attached hydrogens (tertiary/aromatic N) is 2. The van der Waals surface area contributed by atoms with E-state index in [-0.39, 0.29) is 0 Å². The van der Waals surface area contributed by atoms with Crippen molar-refractivity contribution in [1.29, 1.82) is 0 Å². The largest absolute Gasteiger partial charge is 0.308 e. The summed E-state index contributed by atoms with van der Waals surface area (Å²) in [6.45, 7) is 7.24. The molecule has 19 heavy (non-hydrogen) atoms. The molecule has 3 nitrogen and oxygen atoms in total. The Kier molecular flexibility index (Phi) is 4.91. The number of hydrogen-bond donors (Lipinski definition) is 1. The lowest BCUT2D eigenvalue weighted by Crippen LogP contribution is -2.19. The molecule has 1 aromatic heterocycles. The topological polar surface area (TPSA) is 37.8 Å². The maximum atomic E-state index is 5.98. The first-order valence-corrected chi connectivity index (χ1v) is 7.68. The van der Waals surface area contributed by atoms with Crippen molar-refractivity contribution in [3.63, 3.8) is 0 Å². The van der Waals surface area contributed by atoms with Gasteiger partial charge in [0, 0.05) is 10.6 Å². The van der Waals surface area contributed by atoms with E-state index >= 15 is 0 Å². The molecule has 2 rings (SSSR count). The molecule has 0 aliphatic heterocycles. The van der Waals surface area contributed by atoms with Crippen LogP contribution in [0.2, 0.25) is 5.02 Å². The van der Waals surface area contributed by atoms with Crippen molar-refractivity contribution in [2.75, 3.05) is 6.54 Å². The molecule has 0 saturated heterocycles. The lowest BCUT2D eigenvalue weighted by atomic mass is 10.1. The van der Waals surface area contributed by atoms with Crippen molar-refractivity contribution in [2.24, 2.45) is 0 Å². The Bertz CT molecular complexity index is 553. The second kappa shape index (κ2) is 6.46. The molecule has 0 saturated carbocycles. The number of aromatic nitrogens is 2. The fraction of sp³-hybridized carbons (Fsp3) is 0.429. The van der Waals surface area contributed by atoms with Crippen LogP contribution in [0.15, 0.2) is 18.2 Å².